The number of allylic oxidation sites excluding steroid dienone is 2. The second-order valence-corrected chi connectivity index (χ2v) is 7.00. The molecule has 9 heteroatoms. The van der Waals surface area contributed by atoms with Gasteiger partial charge in [-0.3, -0.25) is 0 Å². The molecule has 0 aromatic carbocycles. The van der Waals surface area contributed by atoms with Gasteiger partial charge in [-0.15, -0.1) is 0 Å². The maximum Gasteiger partial charge on any atom is 0.155 e. The van der Waals surface area contributed by atoms with Crippen LogP contribution >= 0.6 is 0 Å². The van der Waals surface area contributed by atoms with E-state index in [-0.39, 0.29) is 19.6 Å². The molecule has 0 amide bonds. The van der Waals surface area contributed by atoms with Crippen molar-refractivity contribution < 1.29 is 33.2 Å². The highest BCUT2D eigenvalue weighted by molar-refractivity contribution is 5.61. The highest BCUT2D eigenvalue weighted by Gasteiger charge is 2.32. The Bertz CT molecular complexity index is 633. The van der Waals surface area contributed by atoms with E-state index in [1.165, 1.54) is 0 Å². The molecule has 0 saturated carbocycles. The van der Waals surface area contributed by atoms with Crippen molar-refractivity contribution >= 4 is 5.57 Å². The minimum atomic E-state index is -1.38. The lowest BCUT2D eigenvalue weighted by molar-refractivity contribution is -0.0294. The smallest absolute Gasteiger partial charge is 0.155 e. The van der Waals surface area contributed by atoms with Gasteiger partial charge >= 0.3 is 0 Å². The number of aliphatic hydroxyl groups is 1. The van der Waals surface area contributed by atoms with E-state index in [2.05, 4.69) is 9.97 Å². The van der Waals surface area contributed by atoms with Gasteiger partial charge in [0.25, 0.3) is 0 Å². The van der Waals surface area contributed by atoms with E-state index in [4.69, 9.17) is 23.7 Å². The summed E-state index contributed by atoms with van der Waals surface area (Å²) in [6, 6.07) is 1.66. The summed E-state index contributed by atoms with van der Waals surface area (Å²) >= 11 is 0. The van der Waals surface area contributed by atoms with Crippen molar-refractivity contribution in [2.45, 2.75) is 31.5 Å². The molecule has 0 unspecified atom stereocenters. The van der Waals surface area contributed by atoms with E-state index in [1.807, 2.05) is 6.08 Å². The van der Waals surface area contributed by atoms with Crippen LogP contribution in [0.25, 0.3) is 5.57 Å². The first-order chi connectivity index (χ1) is 14.7. The number of aromatic nitrogens is 2. The second kappa shape index (κ2) is 14.5. The van der Waals surface area contributed by atoms with Crippen molar-refractivity contribution in [3.05, 3.63) is 29.9 Å². The fourth-order valence-corrected chi connectivity index (χ4v) is 2.90. The molecule has 1 aromatic heterocycles. The third-order valence-corrected chi connectivity index (χ3v) is 4.63. The molecule has 0 aliphatic heterocycles. The lowest BCUT2D eigenvalue weighted by atomic mass is 9.87. The molecule has 2 rings (SSSR count). The molecule has 8 nitrogen and oxygen atoms in total. The van der Waals surface area contributed by atoms with E-state index in [0.29, 0.717) is 77.2 Å². The van der Waals surface area contributed by atoms with Crippen LogP contribution in [-0.4, -0.2) is 87.3 Å². The number of rotatable bonds is 16. The summed E-state index contributed by atoms with van der Waals surface area (Å²) in [5.41, 5.74) is 0.0810. The zero-order valence-electron chi connectivity index (χ0n) is 17.7. The van der Waals surface area contributed by atoms with Gasteiger partial charge in [0, 0.05) is 19.7 Å². The Kier molecular flexibility index (Phi) is 12.0. The van der Waals surface area contributed by atoms with Crippen molar-refractivity contribution in [3.8, 4) is 0 Å². The Morgan fingerprint density at radius 3 is 2.20 bits per heavy atom. The molecule has 30 heavy (non-hydrogen) atoms. The van der Waals surface area contributed by atoms with Crippen LogP contribution in [0.2, 0.25) is 0 Å². The fourth-order valence-electron chi connectivity index (χ4n) is 2.90. The van der Waals surface area contributed by atoms with Gasteiger partial charge in [0.2, 0.25) is 0 Å². The summed E-state index contributed by atoms with van der Waals surface area (Å²) in [4.78, 5) is 8.49. The molecule has 0 fully saturated rings. The summed E-state index contributed by atoms with van der Waals surface area (Å²) in [6.45, 7) is 3.75. The minimum absolute atomic E-state index is 0.0347. The van der Waals surface area contributed by atoms with Gasteiger partial charge in [0.1, 0.15) is 5.67 Å². The Morgan fingerprint density at radius 1 is 1.00 bits per heavy atom. The lowest BCUT2D eigenvalue weighted by Gasteiger charge is -2.28. The molecule has 1 aromatic rings. The summed E-state index contributed by atoms with van der Waals surface area (Å²) in [5, 5.41) is 9.18. The molecule has 1 aliphatic carbocycles. The maximum atomic E-state index is 14.9. The zero-order valence-corrected chi connectivity index (χ0v) is 17.7. The molecule has 0 spiro atoms. The molecule has 1 heterocycles. The van der Waals surface area contributed by atoms with Crippen molar-refractivity contribution in [1.82, 2.24) is 9.97 Å². The average molecular weight is 429 g/mol. The van der Waals surface area contributed by atoms with Gasteiger partial charge in [-0.1, -0.05) is 6.08 Å². The number of halogens is 1. The highest BCUT2D eigenvalue weighted by atomic mass is 19.1. The van der Waals surface area contributed by atoms with Crippen LogP contribution in [0.5, 0.6) is 0 Å². The van der Waals surface area contributed by atoms with E-state index in [0.717, 1.165) is 5.57 Å². The maximum absolute atomic E-state index is 14.9. The number of alkyl halides is 1. The van der Waals surface area contributed by atoms with Crippen LogP contribution in [0.1, 0.15) is 30.8 Å². The van der Waals surface area contributed by atoms with Crippen LogP contribution in [-0.2, 0) is 30.3 Å². The van der Waals surface area contributed by atoms with Crippen molar-refractivity contribution in [1.29, 1.82) is 0 Å². The van der Waals surface area contributed by atoms with Gasteiger partial charge < -0.3 is 28.8 Å². The first kappa shape index (κ1) is 24.8. The number of methoxy groups -OCH3 is 1. The molecule has 1 N–H and O–H groups in total. The van der Waals surface area contributed by atoms with Gasteiger partial charge in [0.15, 0.2) is 5.82 Å². The number of nitrogens with zero attached hydrogens (tertiary/aromatic N) is 2. The van der Waals surface area contributed by atoms with Gasteiger partial charge in [0.05, 0.1) is 71.8 Å². The van der Waals surface area contributed by atoms with E-state index >= 15 is 0 Å². The van der Waals surface area contributed by atoms with Crippen molar-refractivity contribution in [2.75, 3.05) is 66.6 Å². The number of ether oxygens (including phenoxy) is 5. The summed E-state index contributed by atoms with van der Waals surface area (Å²) in [7, 11) is 1.63. The second-order valence-electron chi connectivity index (χ2n) is 7.00. The lowest BCUT2D eigenvalue weighted by Crippen LogP contribution is -2.32. The average Bonchev–Trinajstić information content (AvgIpc) is 2.77. The number of aliphatic hydroxyl groups excluding tert-OH is 1. The molecule has 0 saturated heterocycles. The van der Waals surface area contributed by atoms with Crippen molar-refractivity contribution in [2.24, 2.45) is 0 Å². The third kappa shape index (κ3) is 9.55. The van der Waals surface area contributed by atoms with Crippen LogP contribution in [0.3, 0.4) is 0 Å². The largest absolute Gasteiger partial charge is 0.390 e. The fraction of sp³-hybridized carbons (Fsp3) is 0.714. The Hall–Kier alpha value is -1.49. The predicted molar refractivity (Wildman–Crippen MR) is 109 cm³/mol. The first-order valence-corrected chi connectivity index (χ1v) is 10.3. The summed E-state index contributed by atoms with van der Waals surface area (Å²) in [6.07, 6.45) is 4.59. The van der Waals surface area contributed by atoms with Gasteiger partial charge in [-0.05, 0) is 24.5 Å². The SMILES string of the molecule is COCCOCCOCCOCCOC[C@]1(F)CC=C(c2nccc(CO)n2)CC1. The Labute approximate surface area is 177 Å². The van der Waals surface area contributed by atoms with Crippen molar-refractivity contribution in [3.63, 3.8) is 0 Å². The van der Waals surface area contributed by atoms with E-state index < -0.39 is 5.67 Å². The van der Waals surface area contributed by atoms with Crippen LogP contribution in [0.4, 0.5) is 4.39 Å². The molecule has 170 valence electrons. The van der Waals surface area contributed by atoms with Crippen LogP contribution in [0, 0.1) is 0 Å². The Morgan fingerprint density at radius 2 is 1.63 bits per heavy atom. The first-order valence-electron chi connectivity index (χ1n) is 10.3. The van der Waals surface area contributed by atoms with Crippen LogP contribution in [0.15, 0.2) is 18.3 Å². The van der Waals surface area contributed by atoms with Crippen LogP contribution < -0.4 is 0 Å². The molecular weight excluding hydrogens is 395 g/mol. The number of hydrogen-bond acceptors (Lipinski definition) is 8. The van der Waals surface area contributed by atoms with E-state index in [1.54, 1.807) is 19.4 Å². The topological polar surface area (TPSA) is 92.2 Å². The minimum Gasteiger partial charge on any atom is -0.390 e. The normalized spacial score (nSPS) is 19.1. The third-order valence-electron chi connectivity index (χ3n) is 4.63. The zero-order chi connectivity index (χ0) is 21.5. The molecular formula is C21H33FN2O6. The molecule has 1 aliphatic rings. The Balaban J connectivity index is 1.51. The number of hydrogen-bond donors (Lipinski definition) is 1. The monoisotopic (exact) mass is 428 g/mol. The molecule has 1 atom stereocenters. The van der Waals surface area contributed by atoms with Gasteiger partial charge in [-0.2, -0.15) is 0 Å². The molecule has 0 bridgehead atoms. The summed E-state index contributed by atoms with van der Waals surface area (Å²) in [5.74, 6) is 0.557. The highest BCUT2D eigenvalue weighted by Crippen LogP contribution is 2.34. The molecule has 0 radical (unpaired) electrons. The summed E-state index contributed by atoms with van der Waals surface area (Å²) < 4.78 is 41.3. The van der Waals surface area contributed by atoms with Gasteiger partial charge in [-0.25, -0.2) is 14.4 Å². The van der Waals surface area contributed by atoms with E-state index in [9.17, 15) is 9.50 Å². The predicted octanol–water partition coefficient (Wildman–Crippen LogP) is 1.96. The quantitative estimate of drug-likeness (QED) is 0.400. The standard InChI is InChI=1S/C21H33FN2O6/c1-26-8-9-27-10-11-28-12-13-29-14-15-30-17-21(22)5-2-18(3-6-21)20-23-7-4-19(16-25)24-20/h2,4,7,25H,3,5-6,8-17H2,1H3/t21-/m0/s1.